The highest BCUT2D eigenvalue weighted by molar-refractivity contribution is 9.10. The van der Waals surface area contributed by atoms with Gasteiger partial charge in [0.25, 0.3) is 0 Å². The van der Waals surface area contributed by atoms with Crippen molar-refractivity contribution < 1.29 is 14.6 Å². The minimum Gasteiger partial charge on any atom is -0.491 e. The number of aliphatic hydroxyl groups is 1. The quantitative estimate of drug-likeness (QED) is 0.797. The molecule has 1 saturated carbocycles. The van der Waals surface area contributed by atoms with Crippen LogP contribution in [0, 0.1) is 0 Å². The molecule has 2 N–H and O–H groups in total. The Balaban J connectivity index is 1.67. The highest BCUT2D eigenvalue weighted by Crippen LogP contribution is 2.21. The van der Waals surface area contributed by atoms with Gasteiger partial charge in [-0.3, -0.25) is 0 Å². The first-order valence-electron chi connectivity index (χ1n) is 7.01. The van der Waals surface area contributed by atoms with E-state index < -0.39 is 6.10 Å². The van der Waals surface area contributed by atoms with Crippen molar-refractivity contribution in [2.24, 2.45) is 0 Å². The molecule has 112 valence electrons. The summed E-state index contributed by atoms with van der Waals surface area (Å²) in [6.45, 7) is 0.819. The molecule has 0 radical (unpaired) electrons. The Morgan fingerprint density at radius 3 is 2.80 bits per heavy atom. The fourth-order valence-corrected chi connectivity index (χ4v) is 2.78. The molecule has 0 aromatic heterocycles. The molecule has 0 bridgehead atoms. The largest absolute Gasteiger partial charge is 0.491 e. The maximum atomic E-state index is 9.95. The predicted molar refractivity (Wildman–Crippen MR) is 82.1 cm³/mol. The Bertz CT molecular complexity index is 399. The Morgan fingerprint density at radius 1 is 1.35 bits per heavy atom. The van der Waals surface area contributed by atoms with Crippen LogP contribution < -0.4 is 10.1 Å². The summed E-state index contributed by atoms with van der Waals surface area (Å²) in [4.78, 5) is 0. The molecule has 5 heteroatoms. The third-order valence-corrected chi connectivity index (χ3v) is 4.16. The van der Waals surface area contributed by atoms with Crippen molar-refractivity contribution in [2.45, 2.75) is 37.5 Å². The van der Waals surface area contributed by atoms with Gasteiger partial charge in [-0.1, -0.05) is 15.9 Å². The molecule has 0 aliphatic heterocycles. The maximum absolute atomic E-state index is 9.95. The van der Waals surface area contributed by atoms with Gasteiger partial charge < -0.3 is 19.9 Å². The molecular weight excluding hydrogens is 322 g/mol. The Hall–Kier alpha value is -0.620. The number of aliphatic hydroxyl groups excluding tert-OH is 1. The van der Waals surface area contributed by atoms with E-state index in [0.29, 0.717) is 19.2 Å². The zero-order chi connectivity index (χ0) is 14.4. The van der Waals surface area contributed by atoms with E-state index in [2.05, 4.69) is 21.2 Å². The summed E-state index contributed by atoms with van der Waals surface area (Å²) >= 11 is 3.37. The van der Waals surface area contributed by atoms with E-state index in [9.17, 15) is 5.11 Å². The summed E-state index contributed by atoms with van der Waals surface area (Å²) in [5, 5.41) is 13.3. The normalized spacial score (nSPS) is 23.8. The molecule has 4 nitrogen and oxygen atoms in total. The van der Waals surface area contributed by atoms with E-state index in [0.717, 1.165) is 23.1 Å². The lowest BCUT2D eigenvalue weighted by molar-refractivity contribution is 0.0687. The number of benzene rings is 1. The number of hydrogen-bond acceptors (Lipinski definition) is 4. The molecule has 0 heterocycles. The summed E-state index contributed by atoms with van der Waals surface area (Å²) in [6.07, 6.45) is 3.14. The smallest absolute Gasteiger partial charge is 0.119 e. The van der Waals surface area contributed by atoms with Gasteiger partial charge >= 0.3 is 0 Å². The van der Waals surface area contributed by atoms with Crippen molar-refractivity contribution in [1.29, 1.82) is 0 Å². The molecule has 3 unspecified atom stereocenters. The van der Waals surface area contributed by atoms with Gasteiger partial charge in [0.05, 0.1) is 6.10 Å². The average molecular weight is 344 g/mol. The van der Waals surface area contributed by atoms with Gasteiger partial charge in [-0.25, -0.2) is 0 Å². The lowest BCUT2D eigenvalue weighted by Crippen LogP contribution is -2.42. The SMILES string of the molecule is COC1CCCC1NCC(O)COc1ccc(Br)cc1. The number of rotatable bonds is 7. The topological polar surface area (TPSA) is 50.7 Å². The fraction of sp³-hybridized carbons (Fsp3) is 0.600. The second-order valence-corrected chi connectivity index (χ2v) is 6.05. The Labute approximate surface area is 128 Å². The maximum Gasteiger partial charge on any atom is 0.119 e. The summed E-state index contributed by atoms with van der Waals surface area (Å²) in [5.41, 5.74) is 0. The van der Waals surface area contributed by atoms with Crippen LogP contribution in [0.1, 0.15) is 19.3 Å². The van der Waals surface area contributed by atoms with E-state index in [-0.39, 0.29) is 6.10 Å². The van der Waals surface area contributed by atoms with Gasteiger partial charge in [0.1, 0.15) is 18.5 Å². The summed E-state index contributed by atoms with van der Waals surface area (Å²) < 4.78 is 12.0. The lowest BCUT2D eigenvalue weighted by Gasteiger charge is -2.21. The van der Waals surface area contributed by atoms with Crippen LogP contribution in [0.2, 0.25) is 0 Å². The average Bonchev–Trinajstić information content (AvgIpc) is 2.92. The van der Waals surface area contributed by atoms with Crippen molar-refractivity contribution in [2.75, 3.05) is 20.3 Å². The van der Waals surface area contributed by atoms with E-state index in [4.69, 9.17) is 9.47 Å². The van der Waals surface area contributed by atoms with Gasteiger partial charge in [-0.15, -0.1) is 0 Å². The summed E-state index contributed by atoms with van der Waals surface area (Å²) in [5.74, 6) is 0.767. The van der Waals surface area contributed by atoms with Crippen LogP contribution in [0.5, 0.6) is 5.75 Å². The second-order valence-electron chi connectivity index (χ2n) is 5.14. The Kier molecular flexibility index (Phi) is 6.29. The second kappa shape index (κ2) is 7.98. The van der Waals surface area contributed by atoms with Crippen LogP contribution in [-0.2, 0) is 4.74 Å². The molecule has 20 heavy (non-hydrogen) atoms. The van der Waals surface area contributed by atoms with Crippen molar-refractivity contribution in [1.82, 2.24) is 5.32 Å². The monoisotopic (exact) mass is 343 g/mol. The molecule has 1 aromatic carbocycles. The van der Waals surface area contributed by atoms with E-state index in [1.807, 2.05) is 24.3 Å². The molecule has 0 spiro atoms. The molecule has 1 aromatic rings. The molecule has 1 aliphatic carbocycles. The molecule has 0 amide bonds. The van der Waals surface area contributed by atoms with Crippen molar-refractivity contribution in [3.63, 3.8) is 0 Å². The third kappa shape index (κ3) is 4.74. The number of methoxy groups -OCH3 is 1. The highest BCUT2D eigenvalue weighted by Gasteiger charge is 2.26. The molecule has 1 aliphatic rings. The molecule has 2 rings (SSSR count). The first kappa shape index (κ1) is 15.8. The summed E-state index contributed by atoms with van der Waals surface area (Å²) in [6, 6.07) is 7.94. The van der Waals surface area contributed by atoms with E-state index in [1.54, 1.807) is 7.11 Å². The molecular formula is C15H22BrNO3. The number of ether oxygens (including phenoxy) is 2. The lowest BCUT2D eigenvalue weighted by atomic mass is 10.2. The number of nitrogens with one attached hydrogen (secondary N) is 1. The third-order valence-electron chi connectivity index (χ3n) is 3.63. The first-order valence-corrected chi connectivity index (χ1v) is 7.81. The minimum absolute atomic E-state index is 0.273. The van der Waals surface area contributed by atoms with Crippen LogP contribution >= 0.6 is 15.9 Å². The van der Waals surface area contributed by atoms with Crippen molar-refractivity contribution >= 4 is 15.9 Å². The molecule has 0 saturated heterocycles. The molecule has 3 atom stereocenters. The van der Waals surface area contributed by atoms with Crippen LogP contribution in [0.3, 0.4) is 0 Å². The zero-order valence-corrected chi connectivity index (χ0v) is 13.3. The van der Waals surface area contributed by atoms with Crippen LogP contribution in [0.15, 0.2) is 28.7 Å². The highest BCUT2D eigenvalue weighted by atomic mass is 79.9. The number of hydrogen-bond donors (Lipinski definition) is 2. The predicted octanol–water partition coefficient (Wildman–Crippen LogP) is 2.35. The fourth-order valence-electron chi connectivity index (χ4n) is 2.51. The first-order chi connectivity index (χ1) is 9.69. The van der Waals surface area contributed by atoms with Gasteiger partial charge in [-0.05, 0) is 43.5 Å². The van der Waals surface area contributed by atoms with Crippen molar-refractivity contribution in [3.8, 4) is 5.75 Å². The van der Waals surface area contributed by atoms with Crippen LogP contribution in [-0.4, -0.2) is 43.6 Å². The van der Waals surface area contributed by atoms with Crippen molar-refractivity contribution in [3.05, 3.63) is 28.7 Å². The van der Waals surface area contributed by atoms with Gasteiger partial charge in [0.15, 0.2) is 0 Å². The van der Waals surface area contributed by atoms with Gasteiger partial charge in [0.2, 0.25) is 0 Å². The van der Waals surface area contributed by atoms with Gasteiger partial charge in [-0.2, -0.15) is 0 Å². The van der Waals surface area contributed by atoms with Gasteiger partial charge in [0, 0.05) is 24.2 Å². The number of halogens is 1. The van der Waals surface area contributed by atoms with E-state index >= 15 is 0 Å². The zero-order valence-electron chi connectivity index (χ0n) is 11.7. The standard InChI is InChI=1S/C15H22BrNO3/c1-19-15-4-2-3-14(15)17-9-12(18)10-20-13-7-5-11(16)6-8-13/h5-8,12,14-15,17-18H,2-4,9-10H2,1H3. The van der Waals surface area contributed by atoms with E-state index in [1.165, 1.54) is 6.42 Å². The summed E-state index contributed by atoms with van der Waals surface area (Å²) in [7, 11) is 1.75. The Morgan fingerprint density at radius 2 is 2.10 bits per heavy atom. The minimum atomic E-state index is -0.517. The molecule has 1 fully saturated rings. The van der Waals surface area contributed by atoms with Crippen LogP contribution in [0.25, 0.3) is 0 Å². The van der Waals surface area contributed by atoms with Crippen LogP contribution in [0.4, 0.5) is 0 Å².